The summed E-state index contributed by atoms with van der Waals surface area (Å²) >= 11 is 0. The van der Waals surface area contributed by atoms with E-state index in [2.05, 4.69) is 50.4 Å². The van der Waals surface area contributed by atoms with Crippen molar-refractivity contribution in [3.05, 3.63) is 36.5 Å². The van der Waals surface area contributed by atoms with Gasteiger partial charge in [-0.1, -0.05) is 295 Å². The summed E-state index contributed by atoms with van der Waals surface area (Å²) in [5.41, 5.74) is 0. The number of likely N-dealkylation sites (N-methyl/N-ethyl adjacent to an activating group) is 1. The lowest BCUT2D eigenvalue weighted by molar-refractivity contribution is -0.870. The van der Waals surface area contributed by atoms with Crippen LogP contribution in [0, 0.1) is 0 Å². The number of rotatable bonds is 65. The number of unbranched alkanes of at least 4 members (excludes halogenated alkanes) is 45. The van der Waals surface area contributed by atoms with Gasteiger partial charge in [0.25, 0.3) is 7.82 Å². The van der Waals surface area contributed by atoms with Gasteiger partial charge in [-0.15, -0.1) is 0 Å². The maximum Gasteiger partial charge on any atom is 0.306 e. The van der Waals surface area contributed by atoms with Gasteiger partial charge in [-0.25, -0.2) is 0 Å². The van der Waals surface area contributed by atoms with Gasteiger partial charge in [0.2, 0.25) is 5.91 Å². The van der Waals surface area contributed by atoms with E-state index < -0.39 is 20.0 Å². The van der Waals surface area contributed by atoms with Crippen LogP contribution in [0.25, 0.3) is 0 Å². The molecule has 10 heteroatoms. The Morgan fingerprint density at radius 1 is 0.420 bits per heavy atom. The van der Waals surface area contributed by atoms with Crippen molar-refractivity contribution >= 4 is 19.7 Å². The van der Waals surface area contributed by atoms with Crippen LogP contribution in [-0.2, 0) is 27.9 Å². The first kappa shape index (κ1) is 79.2. The van der Waals surface area contributed by atoms with Crippen molar-refractivity contribution in [2.75, 3.05) is 40.9 Å². The third kappa shape index (κ3) is 62.6. The number of phosphoric ester groups is 1. The standard InChI is InChI=1S/C71H137N2O7P/c1-7-10-13-16-19-22-25-27-29-31-33-34-35-36-37-38-40-42-44-46-49-52-55-58-61-64-71(75)80-69(62-59-56-53-50-47-24-21-18-15-12-9-3)68(67-79-81(76,77)78-66-65-73(4,5)6)72-70(74)63-60-57-54-51-48-45-43-41-39-32-30-28-26-23-20-17-14-11-8-2/h27-30,59,62,68-69H,7-26,31-58,60-61,63-67H2,1-6H3,(H-,72,74,76,77)/b29-27+,30-28+,62-59-. The highest BCUT2D eigenvalue weighted by atomic mass is 31.2. The van der Waals surface area contributed by atoms with Crippen LogP contribution in [0.2, 0.25) is 0 Å². The summed E-state index contributed by atoms with van der Waals surface area (Å²) in [7, 11) is 1.20. The van der Waals surface area contributed by atoms with Gasteiger partial charge in [0.15, 0.2) is 0 Å². The lowest BCUT2D eigenvalue weighted by atomic mass is 10.0. The van der Waals surface area contributed by atoms with Gasteiger partial charge in [0, 0.05) is 12.8 Å². The van der Waals surface area contributed by atoms with Crippen LogP contribution in [0.5, 0.6) is 0 Å². The Balaban J connectivity index is 5.00. The Morgan fingerprint density at radius 3 is 1.05 bits per heavy atom. The fourth-order valence-electron chi connectivity index (χ4n) is 10.6. The van der Waals surface area contributed by atoms with E-state index in [1.54, 1.807) is 0 Å². The van der Waals surface area contributed by atoms with E-state index in [4.69, 9.17) is 13.8 Å². The summed E-state index contributed by atoms with van der Waals surface area (Å²) in [5, 5.41) is 3.04. The molecule has 9 nitrogen and oxygen atoms in total. The first-order valence-corrected chi connectivity index (χ1v) is 36.8. The molecule has 0 aromatic carbocycles. The van der Waals surface area contributed by atoms with Crippen LogP contribution in [-0.4, -0.2) is 69.4 Å². The van der Waals surface area contributed by atoms with Crippen LogP contribution < -0.4 is 10.2 Å². The molecule has 0 saturated carbocycles. The number of carbonyl (C=O) groups excluding carboxylic acids is 2. The fourth-order valence-corrected chi connectivity index (χ4v) is 11.3. The van der Waals surface area contributed by atoms with Crippen molar-refractivity contribution in [3.8, 4) is 0 Å². The summed E-state index contributed by atoms with van der Waals surface area (Å²) in [6, 6.07) is -0.886. The molecule has 0 radical (unpaired) electrons. The summed E-state index contributed by atoms with van der Waals surface area (Å²) in [5.74, 6) is -0.526. The largest absolute Gasteiger partial charge is 0.756 e. The van der Waals surface area contributed by atoms with Gasteiger partial charge < -0.3 is 28.5 Å². The molecule has 0 rings (SSSR count). The molecular formula is C71H137N2O7P. The van der Waals surface area contributed by atoms with E-state index in [0.29, 0.717) is 17.4 Å². The molecule has 0 aliphatic carbocycles. The van der Waals surface area contributed by atoms with Crippen molar-refractivity contribution in [1.29, 1.82) is 0 Å². The minimum absolute atomic E-state index is 0.0202. The quantitative estimate of drug-likeness (QED) is 0.0212. The number of carbonyl (C=O) groups is 2. The minimum atomic E-state index is -4.70. The molecule has 0 spiro atoms. The van der Waals surface area contributed by atoms with E-state index in [1.165, 1.54) is 263 Å². The summed E-state index contributed by atoms with van der Waals surface area (Å²) in [4.78, 5) is 40.1. The van der Waals surface area contributed by atoms with Gasteiger partial charge in [0.1, 0.15) is 19.3 Å². The van der Waals surface area contributed by atoms with Crippen molar-refractivity contribution < 1.29 is 37.3 Å². The molecule has 0 aliphatic heterocycles. The number of nitrogens with one attached hydrogen (secondary N) is 1. The molecule has 0 bridgehead atoms. The predicted molar refractivity (Wildman–Crippen MR) is 349 cm³/mol. The van der Waals surface area contributed by atoms with E-state index in [1.807, 2.05) is 33.3 Å². The number of ether oxygens (including phenoxy) is 1. The number of phosphoric acid groups is 1. The molecule has 0 aliphatic rings. The number of amides is 1. The number of allylic oxidation sites excluding steroid dienone is 5. The highest BCUT2D eigenvalue weighted by molar-refractivity contribution is 7.45. The molecule has 81 heavy (non-hydrogen) atoms. The first-order chi connectivity index (χ1) is 39.4. The van der Waals surface area contributed by atoms with Gasteiger partial charge >= 0.3 is 5.97 Å². The van der Waals surface area contributed by atoms with Crippen LogP contribution >= 0.6 is 7.82 Å². The lowest BCUT2D eigenvalue weighted by Gasteiger charge is -2.30. The van der Waals surface area contributed by atoms with Crippen LogP contribution in [0.15, 0.2) is 36.5 Å². The maximum atomic E-state index is 13.6. The zero-order valence-corrected chi connectivity index (χ0v) is 55.7. The minimum Gasteiger partial charge on any atom is -0.756 e. The van der Waals surface area contributed by atoms with Crippen molar-refractivity contribution in [3.63, 3.8) is 0 Å². The average Bonchev–Trinajstić information content (AvgIpc) is 3.43. The number of nitrogens with zero attached hydrogens (tertiary/aromatic N) is 1. The Kier molecular flexibility index (Phi) is 60.0. The van der Waals surface area contributed by atoms with E-state index in [0.717, 1.165) is 57.8 Å². The molecule has 0 aromatic heterocycles. The van der Waals surface area contributed by atoms with Gasteiger partial charge in [-0.3, -0.25) is 14.2 Å². The third-order valence-corrected chi connectivity index (χ3v) is 17.0. The fraction of sp³-hybridized carbons (Fsp3) is 0.887. The smallest absolute Gasteiger partial charge is 0.306 e. The highest BCUT2D eigenvalue weighted by Crippen LogP contribution is 2.38. The number of quaternary nitrogens is 1. The number of esters is 1. The Morgan fingerprint density at radius 2 is 0.716 bits per heavy atom. The molecule has 3 unspecified atom stereocenters. The van der Waals surface area contributed by atoms with Gasteiger partial charge in [0.05, 0.1) is 33.8 Å². The summed E-state index contributed by atoms with van der Waals surface area (Å²) < 4.78 is 30.4. The van der Waals surface area contributed by atoms with E-state index >= 15 is 0 Å². The second-order valence-corrected chi connectivity index (χ2v) is 26.8. The normalized spacial score (nSPS) is 13.7. The number of hydrogen-bond acceptors (Lipinski definition) is 7. The molecule has 0 heterocycles. The molecule has 3 atom stereocenters. The highest BCUT2D eigenvalue weighted by Gasteiger charge is 2.27. The first-order valence-electron chi connectivity index (χ1n) is 35.3. The Hall–Kier alpha value is -1.77. The molecule has 0 aromatic rings. The van der Waals surface area contributed by atoms with E-state index in [9.17, 15) is 19.0 Å². The predicted octanol–water partition coefficient (Wildman–Crippen LogP) is 21.6. The topological polar surface area (TPSA) is 114 Å². The number of hydrogen-bond donors (Lipinski definition) is 1. The van der Waals surface area contributed by atoms with Crippen LogP contribution in [0.3, 0.4) is 0 Å². The van der Waals surface area contributed by atoms with Crippen LogP contribution in [0.1, 0.15) is 355 Å². The Bertz CT molecular complexity index is 1480. The van der Waals surface area contributed by atoms with Crippen molar-refractivity contribution in [2.45, 2.75) is 367 Å². The average molecular weight is 1160 g/mol. The summed E-state index contributed by atoms with van der Waals surface area (Å²) in [6.07, 6.45) is 75.6. The van der Waals surface area contributed by atoms with Gasteiger partial charge in [-0.2, -0.15) is 0 Å². The molecule has 1 N–H and O–H groups in total. The molecule has 478 valence electrons. The lowest BCUT2D eigenvalue weighted by Crippen LogP contribution is -2.47. The second-order valence-electron chi connectivity index (χ2n) is 25.4. The molecule has 0 fully saturated rings. The zero-order valence-electron chi connectivity index (χ0n) is 54.8. The monoisotopic (exact) mass is 1160 g/mol. The van der Waals surface area contributed by atoms with Crippen LogP contribution in [0.4, 0.5) is 0 Å². The maximum absolute atomic E-state index is 13.6. The molecular weight excluding hydrogens is 1020 g/mol. The van der Waals surface area contributed by atoms with Crippen molar-refractivity contribution in [2.24, 2.45) is 0 Å². The van der Waals surface area contributed by atoms with Gasteiger partial charge in [-0.05, 0) is 83.1 Å². The molecule has 1 amide bonds. The second kappa shape index (κ2) is 61.3. The van der Waals surface area contributed by atoms with Crippen molar-refractivity contribution in [1.82, 2.24) is 5.32 Å². The Labute approximate surface area is 504 Å². The SMILES string of the molecule is CCCCCCCC/C=C/CCCCCCCCCCCCCCCCCC(=O)OC(/C=C\CCCCCCCCCCC)C(COP(=O)([O-])OCC[N+](C)(C)C)NC(=O)CCCCCCCCCCC/C=C/CCCCCCCC. The van der Waals surface area contributed by atoms with E-state index in [-0.39, 0.29) is 31.5 Å². The zero-order chi connectivity index (χ0) is 59.3. The summed E-state index contributed by atoms with van der Waals surface area (Å²) in [6.45, 7) is 6.88. The molecule has 0 saturated heterocycles. The third-order valence-electron chi connectivity index (χ3n) is 16.0.